The molecule has 156 valence electrons. The van der Waals surface area contributed by atoms with Gasteiger partial charge in [-0.25, -0.2) is 0 Å². The summed E-state index contributed by atoms with van der Waals surface area (Å²) in [6.07, 6.45) is 0.566. The van der Waals surface area contributed by atoms with E-state index in [9.17, 15) is 4.79 Å². The zero-order chi connectivity index (χ0) is 21.7. The molecule has 0 saturated carbocycles. The Labute approximate surface area is 179 Å². The third-order valence-electron chi connectivity index (χ3n) is 5.05. The fourth-order valence-corrected chi connectivity index (χ4v) is 3.31. The SMILES string of the molecule is Cc1cc(OCC(C)C)c(C(=O)Nc2cccc(C)c2C)c(Cc2ccccc2)n1. The van der Waals surface area contributed by atoms with Gasteiger partial charge in [0.1, 0.15) is 11.3 Å². The zero-order valence-corrected chi connectivity index (χ0v) is 18.5. The second kappa shape index (κ2) is 9.57. The monoisotopic (exact) mass is 402 g/mol. The third-order valence-corrected chi connectivity index (χ3v) is 5.05. The van der Waals surface area contributed by atoms with E-state index in [0.29, 0.717) is 30.3 Å². The largest absolute Gasteiger partial charge is 0.492 e. The van der Waals surface area contributed by atoms with Gasteiger partial charge < -0.3 is 10.1 Å². The minimum atomic E-state index is -0.194. The summed E-state index contributed by atoms with van der Waals surface area (Å²) >= 11 is 0. The molecule has 1 aromatic heterocycles. The van der Waals surface area contributed by atoms with Crippen molar-refractivity contribution in [2.45, 2.75) is 41.0 Å². The number of nitrogens with zero attached hydrogens (tertiary/aromatic N) is 1. The van der Waals surface area contributed by atoms with Gasteiger partial charge >= 0.3 is 0 Å². The predicted molar refractivity (Wildman–Crippen MR) is 122 cm³/mol. The number of nitrogens with one attached hydrogen (secondary N) is 1. The van der Waals surface area contributed by atoms with E-state index in [-0.39, 0.29) is 5.91 Å². The van der Waals surface area contributed by atoms with Crippen molar-refractivity contribution < 1.29 is 9.53 Å². The lowest BCUT2D eigenvalue weighted by molar-refractivity contribution is 0.102. The molecule has 0 aliphatic carbocycles. The maximum absolute atomic E-state index is 13.4. The number of aromatic nitrogens is 1. The molecule has 0 saturated heterocycles. The van der Waals surface area contributed by atoms with Gasteiger partial charge in [0, 0.05) is 23.9 Å². The summed E-state index contributed by atoms with van der Waals surface area (Å²) < 4.78 is 6.07. The fourth-order valence-electron chi connectivity index (χ4n) is 3.31. The molecule has 0 fully saturated rings. The fraction of sp³-hybridized carbons (Fsp3) is 0.308. The molecule has 0 aliphatic rings. The van der Waals surface area contributed by atoms with Crippen LogP contribution in [0.25, 0.3) is 0 Å². The first-order chi connectivity index (χ1) is 14.3. The maximum atomic E-state index is 13.4. The lowest BCUT2D eigenvalue weighted by atomic mass is 10.0. The molecule has 3 rings (SSSR count). The molecule has 0 spiro atoms. The topological polar surface area (TPSA) is 51.2 Å². The van der Waals surface area contributed by atoms with E-state index in [1.54, 1.807) is 0 Å². The molecule has 1 heterocycles. The molecule has 1 N–H and O–H groups in total. The van der Waals surface area contributed by atoms with Crippen LogP contribution < -0.4 is 10.1 Å². The molecule has 0 aliphatic heterocycles. The minimum absolute atomic E-state index is 0.194. The van der Waals surface area contributed by atoms with Crippen LogP contribution in [0.2, 0.25) is 0 Å². The third kappa shape index (κ3) is 5.26. The van der Waals surface area contributed by atoms with Crippen LogP contribution in [0.15, 0.2) is 54.6 Å². The molecular weight excluding hydrogens is 372 g/mol. The summed E-state index contributed by atoms with van der Waals surface area (Å²) in [6, 6.07) is 17.8. The van der Waals surface area contributed by atoms with E-state index in [1.807, 2.05) is 75.4 Å². The van der Waals surface area contributed by atoms with Gasteiger partial charge in [-0.15, -0.1) is 0 Å². The molecule has 0 radical (unpaired) electrons. The molecule has 0 atom stereocenters. The molecule has 1 amide bonds. The second-order valence-electron chi connectivity index (χ2n) is 8.15. The molecular formula is C26H30N2O2. The number of hydrogen-bond acceptors (Lipinski definition) is 3. The Kier molecular flexibility index (Phi) is 6.88. The lowest BCUT2D eigenvalue weighted by Crippen LogP contribution is -2.19. The smallest absolute Gasteiger partial charge is 0.261 e. The maximum Gasteiger partial charge on any atom is 0.261 e. The van der Waals surface area contributed by atoms with Gasteiger partial charge in [-0.2, -0.15) is 0 Å². The van der Waals surface area contributed by atoms with Crippen molar-refractivity contribution in [3.63, 3.8) is 0 Å². The number of carbonyl (C=O) groups excluding carboxylic acids is 1. The highest BCUT2D eigenvalue weighted by Gasteiger charge is 2.21. The summed E-state index contributed by atoms with van der Waals surface area (Å²) in [5.74, 6) is 0.747. The van der Waals surface area contributed by atoms with Crippen molar-refractivity contribution >= 4 is 11.6 Å². The summed E-state index contributed by atoms with van der Waals surface area (Å²) in [5.41, 5.74) is 6.17. The Balaban J connectivity index is 2.03. The van der Waals surface area contributed by atoms with E-state index in [2.05, 4.69) is 19.2 Å². The van der Waals surface area contributed by atoms with Crippen LogP contribution in [0, 0.1) is 26.7 Å². The van der Waals surface area contributed by atoms with Gasteiger partial charge in [-0.05, 0) is 49.4 Å². The number of benzene rings is 2. The number of hydrogen-bond donors (Lipinski definition) is 1. The summed E-state index contributed by atoms with van der Waals surface area (Å²) in [4.78, 5) is 18.2. The van der Waals surface area contributed by atoms with Gasteiger partial charge in [0.15, 0.2) is 0 Å². The quantitative estimate of drug-likeness (QED) is 0.536. The Morgan fingerprint density at radius 1 is 1.03 bits per heavy atom. The summed E-state index contributed by atoms with van der Waals surface area (Å²) in [7, 11) is 0. The van der Waals surface area contributed by atoms with Crippen LogP contribution in [0.3, 0.4) is 0 Å². The predicted octanol–water partition coefficient (Wildman–Crippen LogP) is 5.88. The average Bonchev–Trinajstić information content (AvgIpc) is 2.70. The standard InChI is InChI=1S/C26H30N2O2/c1-17(2)16-30-24-14-19(4)27-23(15-21-11-7-6-8-12-21)25(24)26(29)28-22-13-9-10-18(3)20(22)5/h6-14,17H,15-16H2,1-5H3,(H,28,29). The number of pyridine rings is 1. The number of carbonyl (C=O) groups is 1. The first kappa shape index (κ1) is 21.6. The van der Waals surface area contributed by atoms with E-state index in [4.69, 9.17) is 9.72 Å². The van der Waals surface area contributed by atoms with Crippen molar-refractivity contribution in [1.82, 2.24) is 4.98 Å². The van der Waals surface area contributed by atoms with Crippen LogP contribution >= 0.6 is 0 Å². The van der Waals surface area contributed by atoms with Gasteiger partial charge in [0.2, 0.25) is 0 Å². The summed E-state index contributed by atoms with van der Waals surface area (Å²) in [6.45, 7) is 10.7. The van der Waals surface area contributed by atoms with E-state index >= 15 is 0 Å². The van der Waals surface area contributed by atoms with Gasteiger partial charge in [0.05, 0.1) is 12.3 Å². The Morgan fingerprint density at radius 2 is 1.77 bits per heavy atom. The molecule has 3 aromatic rings. The van der Waals surface area contributed by atoms with Crippen molar-refractivity contribution in [2.24, 2.45) is 5.92 Å². The lowest BCUT2D eigenvalue weighted by Gasteiger charge is -2.18. The second-order valence-corrected chi connectivity index (χ2v) is 8.15. The minimum Gasteiger partial charge on any atom is -0.492 e. The Morgan fingerprint density at radius 3 is 2.47 bits per heavy atom. The zero-order valence-electron chi connectivity index (χ0n) is 18.5. The van der Waals surface area contributed by atoms with E-state index in [0.717, 1.165) is 33.8 Å². The number of ether oxygens (including phenoxy) is 1. The number of rotatable bonds is 7. The van der Waals surface area contributed by atoms with Crippen molar-refractivity contribution in [3.05, 3.63) is 88.2 Å². The first-order valence-electron chi connectivity index (χ1n) is 10.4. The normalized spacial score (nSPS) is 10.9. The Bertz CT molecular complexity index is 1030. The van der Waals surface area contributed by atoms with E-state index in [1.165, 1.54) is 0 Å². The number of amides is 1. The van der Waals surface area contributed by atoms with Gasteiger partial charge in [-0.1, -0.05) is 56.3 Å². The van der Waals surface area contributed by atoms with Gasteiger partial charge in [-0.3, -0.25) is 9.78 Å². The molecule has 4 nitrogen and oxygen atoms in total. The van der Waals surface area contributed by atoms with Crippen LogP contribution in [0.4, 0.5) is 5.69 Å². The van der Waals surface area contributed by atoms with E-state index < -0.39 is 0 Å². The van der Waals surface area contributed by atoms with Gasteiger partial charge in [0.25, 0.3) is 5.91 Å². The van der Waals surface area contributed by atoms with Crippen LogP contribution in [0.5, 0.6) is 5.75 Å². The van der Waals surface area contributed by atoms with Crippen molar-refractivity contribution in [2.75, 3.05) is 11.9 Å². The van der Waals surface area contributed by atoms with Crippen molar-refractivity contribution in [3.8, 4) is 5.75 Å². The average molecular weight is 403 g/mol. The molecule has 2 aromatic carbocycles. The number of aryl methyl sites for hydroxylation is 2. The van der Waals surface area contributed by atoms with Crippen LogP contribution in [0.1, 0.15) is 52.3 Å². The molecule has 0 bridgehead atoms. The highest BCUT2D eigenvalue weighted by atomic mass is 16.5. The first-order valence-corrected chi connectivity index (χ1v) is 10.4. The summed E-state index contributed by atoms with van der Waals surface area (Å²) in [5, 5.41) is 3.08. The van der Waals surface area contributed by atoms with Crippen LogP contribution in [-0.2, 0) is 6.42 Å². The Hall–Kier alpha value is -3.14. The van der Waals surface area contributed by atoms with Crippen LogP contribution in [-0.4, -0.2) is 17.5 Å². The molecule has 30 heavy (non-hydrogen) atoms. The molecule has 0 unspecified atom stereocenters. The highest BCUT2D eigenvalue weighted by Crippen LogP contribution is 2.27. The highest BCUT2D eigenvalue weighted by molar-refractivity contribution is 6.07. The van der Waals surface area contributed by atoms with Crippen molar-refractivity contribution in [1.29, 1.82) is 0 Å². The number of anilines is 1. The molecule has 4 heteroatoms.